The molecule has 5 fully saturated rings. The standard InChI is InChI=1S/C22H34N6O2/c1-27(22(7-8-22)9-10-23)21(30)19-15-13-28(11-6-17(15)25-26-19)20(29)18-12-14-4-2-3-5-16(14)24-18/h14-19,24-26H,2-9,11-13H2,1H3. The number of hydrogen-bond donors (Lipinski definition) is 3. The first kappa shape index (κ1) is 20.2. The van der Waals surface area contributed by atoms with Crippen LogP contribution in [-0.4, -0.2) is 71.5 Å². The number of fused-ring (bicyclic) bond motifs is 2. The average Bonchev–Trinajstić information content (AvgIpc) is 3.23. The molecule has 8 nitrogen and oxygen atoms in total. The number of carbonyl (C=O) groups is 2. The number of hydrogen-bond acceptors (Lipinski definition) is 6. The summed E-state index contributed by atoms with van der Waals surface area (Å²) in [5.74, 6) is 0.983. The van der Waals surface area contributed by atoms with Crippen molar-refractivity contribution in [3.05, 3.63) is 0 Å². The minimum atomic E-state index is -0.342. The molecular weight excluding hydrogens is 380 g/mol. The molecule has 2 aliphatic carbocycles. The zero-order valence-electron chi connectivity index (χ0n) is 17.9. The maximum Gasteiger partial charge on any atom is 0.241 e. The third-order valence-electron chi connectivity index (χ3n) is 8.53. The summed E-state index contributed by atoms with van der Waals surface area (Å²) in [5, 5.41) is 12.8. The summed E-state index contributed by atoms with van der Waals surface area (Å²) < 4.78 is 0. The smallest absolute Gasteiger partial charge is 0.241 e. The molecule has 2 saturated carbocycles. The highest BCUT2D eigenvalue weighted by Gasteiger charge is 2.53. The molecule has 3 saturated heterocycles. The van der Waals surface area contributed by atoms with Crippen LogP contribution in [0.4, 0.5) is 0 Å². The van der Waals surface area contributed by atoms with Crippen molar-refractivity contribution < 1.29 is 9.59 Å². The summed E-state index contributed by atoms with van der Waals surface area (Å²) in [6.07, 6.45) is 9.02. The Hall–Kier alpha value is -1.69. The Morgan fingerprint density at radius 1 is 1.17 bits per heavy atom. The highest BCUT2D eigenvalue weighted by Crippen LogP contribution is 2.44. The lowest BCUT2D eigenvalue weighted by molar-refractivity contribution is -0.139. The number of piperidine rings is 1. The second-order valence-electron chi connectivity index (χ2n) is 10.2. The number of hydrazine groups is 1. The van der Waals surface area contributed by atoms with E-state index in [1.54, 1.807) is 4.90 Å². The molecule has 3 aliphatic heterocycles. The second-order valence-corrected chi connectivity index (χ2v) is 10.2. The van der Waals surface area contributed by atoms with Crippen LogP contribution in [0.1, 0.15) is 57.8 Å². The minimum Gasteiger partial charge on any atom is -0.341 e. The van der Waals surface area contributed by atoms with Gasteiger partial charge in [-0.25, -0.2) is 5.43 Å². The van der Waals surface area contributed by atoms with Gasteiger partial charge in [0.15, 0.2) is 0 Å². The van der Waals surface area contributed by atoms with Gasteiger partial charge in [0.2, 0.25) is 11.8 Å². The van der Waals surface area contributed by atoms with E-state index in [0.29, 0.717) is 24.9 Å². The average molecular weight is 415 g/mol. The van der Waals surface area contributed by atoms with Crippen molar-refractivity contribution in [2.45, 2.75) is 87.5 Å². The summed E-state index contributed by atoms with van der Waals surface area (Å²) in [7, 11) is 1.83. The molecule has 0 aromatic rings. The van der Waals surface area contributed by atoms with Gasteiger partial charge in [0.1, 0.15) is 6.04 Å². The van der Waals surface area contributed by atoms with Crippen LogP contribution >= 0.6 is 0 Å². The predicted octanol–water partition coefficient (Wildman–Crippen LogP) is 0.505. The van der Waals surface area contributed by atoms with Crippen molar-refractivity contribution in [3.8, 4) is 6.07 Å². The molecule has 0 bridgehead atoms. The number of rotatable bonds is 4. The van der Waals surface area contributed by atoms with Gasteiger partial charge in [-0.05, 0) is 44.4 Å². The Balaban J connectivity index is 1.23. The highest BCUT2D eigenvalue weighted by molar-refractivity contribution is 5.85. The molecule has 164 valence electrons. The van der Waals surface area contributed by atoms with Gasteiger partial charge in [-0.1, -0.05) is 12.8 Å². The summed E-state index contributed by atoms with van der Waals surface area (Å²) in [5.41, 5.74) is 6.24. The lowest BCUT2D eigenvalue weighted by atomic mass is 9.84. The number of likely N-dealkylation sites (tertiary alicyclic amines) is 1. The lowest BCUT2D eigenvalue weighted by Gasteiger charge is -2.38. The predicted molar refractivity (Wildman–Crippen MR) is 111 cm³/mol. The molecule has 5 aliphatic rings. The largest absolute Gasteiger partial charge is 0.341 e. The van der Waals surface area contributed by atoms with Crippen LogP contribution in [0.15, 0.2) is 0 Å². The molecule has 8 heteroatoms. The monoisotopic (exact) mass is 414 g/mol. The summed E-state index contributed by atoms with van der Waals surface area (Å²) in [6, 6.07) is 2.56. The second kappa shape index (κ2) is 7.77. The van der Waals surface area contributed by atoms with E-state index in [9.17, 15) is 9.59 Å². The van der Waals surface area contributed by atoms with E-state index in [1.807, 2.05) is 11.9 Å². The van der Waals surface area contributed by atoms with Crippen LogP contribution in [0.5, 0.6) is 0 Å². The van der Waals surface area contributed by atoms with E-state index in [0.717, 1.165) is 32.2 Å². The van der Waals surface area contributed by atoms with Crippen molar-refractivity contribution >= 4 is 11.8 Å². The molecule has 0 spiro atoms. The molecular formula is C22H34N6O2. The van der Waals surface area contributed by atoms with E-state index >= 15 is 0 Å². The maximum atomic E-state index is 13.3. The normalized spacial score (nSPS) is 39.0. The Bertz CT molecular complexity index is 732. The SMILES string of the molecule is CN(C(=O)C1NNC2CCN(C(=O)C3CC4CCCCC4N3)CC21)C1(CC#N)CC1. The van der Waals surface area contributed by atoms with Gasteiger partial charge >= 0.3 is 0 Å². The van der Waals surface area contributed by atoms with Crippen LogP contribution in [-0.2, 0) is 9.59 Å². The first-order valence-electron chi connectivity index (χ1n) is 11.7. The highest BCUT2D eigenvalue weighted by atomic mass is 16.2. The van der Waals surface area contributed by atoms with Crippen LogP contribution in [0, 0.1) is 23.2 Å². The van der Waals surface area contributed by atoms with Crippen LogP contribution in [0.3, 0.4) is 0 Å². The van der Waals surface area contributed by atoms with Gasteiger partial charge in [-0.2, -0.15) is 5.26 Å². The fourth-order valence-electron chi connectivity index (χ4n) is 6.34. The van der Waals surface area contributed by atoms with Gasteiger partial charge in [0, 0.05) is 38.1 Å². The molecule has 0 radical (unpaired) electrons. The summed E-state index contributed by atoms with van der Waals surface area (Å²) in [6.45, 7) is 1.36. The van der Waals surface area contributed by atoms with Crippen molar-refractivity contribution in [3.63, 3.8) is 0 Å². The van der Waals surface area contributed by atoms with Gasteiger partial charge < -0.3 is 15.1 Å². The Kier molecular flexibility index (Phi) is 5.24. The topological polar surface area (TPSA) is 100 Å². The molecule has 30 heavy (non-hydrogen) atoms. The minimum absolute atomic E-state index is 0.0436. The molecule has 2 amide bonds. The Morgan fingerprint density at radius 3 is 2.70 bits per heavy atom. The zero-order chi connectivity index (χ0) is 20.9. The lowest BCUT2D eigenvalue weighted by Crippen LogP contribution is -2.56. The van der Waals surface area contributed by atoms with E-state index < -0.39 is 0 Å². The number of nitriles is 1. The van der Waals surface area contributed by atoms with E-state index in [1.165, 1.54) is 25.7 Å². The molecule has 0 aromatic heterocycles. The van der Waals surface area contributed by atoms with Crippen LogP contribution in [0.2, 0.25) is 0 Å². The van der Waals surface area contributed by atoms with Crippen molar-refractivity contribution in [1.29, 1.82) is 5.26 Å². The Labute approximate surface area is 178 Å². The fraction of sp³-hybridized carbons (Fsp3) is 0.864. The van der Waals surface area contributed by atoms with Crippen molar-refractivity contribution in [1.82, 2.24) is 26.0 Å². The number of nitrogens with one attached hydrogen (secondary N) is 3. The van der Waals surface area contributed by atoms with Gasteiger partial charge in [-0.15, -0.1) is 0 Å². The number of nitrogens with zero attached hydrogens (tertiary/aromatic N) is 3. The third kappa shape index (κ3) is 3.41. The third-order valence-corrected chi connectivity index (χ3v) is 8.53. The first-order valence-corrected chi connectivity index (χ1v) is 11.7. The van der Waals surface area contributed by atoms with Crippen LogP contribution < -0.4 is 16.2 Å². The van der Waals surface area contributed by atoms with Crippen molar-refractivity contribution in [2.75, 3.05) is 20.1 Å². The van der Waals surface area contributed by atoms with Crippen molar-refractivity contribution in [2.24, 2.45) is 11.8 Å². The quantitative estimate of drug-likeness (QED) is 0.620. The molecule has 6 atom stereocenters. The van der Waals surface area contributed by atoms with Gasteiger partial charge in [0.25, 0.3) is 0 Å². The van der Waals surface area contributed by atoms with E-state index in [-0.39, 0.29) is 41.4 Å². The van der Waals surface area contributed by atoms with E-state index in [2.05, 4.69) is 22.2 Å². The molecule has 3 N–H and O–H groups in total. The summed E-state index contributed by atoms with van der Waals surface area (Å²) in [4.78, 5) is 30.3. The maximum absolute atomic E-state index is 13.3. The number of likely N-dealkylation sites (N-methyl/N-ethyl adjacent to an activating group) is 1. The van der Waals surface area contributed by atoms with E-state index in [4.69, 9.17) is 5.26 Å². The van der Waals surface area contributed by atoms with Gasteiger partial charge in [-0.3, -0.25) is 15.0 Å². The molecule has 3 heterocycles. The molecule has 5 rings (SSSR count). The fourth-order valence-corrected chi connectivity index (χ4v) is 6.34. The molecule has 0 aromatic carbocycles. The van der Waals surface area contributed by atoms with Crippen LogP contribution in [0.25, 0.3) is 0 Å². The molecule has 6 unspecified atom stereocenters. The summed E-state index contributed by atoms with van der Waals surface area (Å²) >= 11 is 0. The Morgan fingerprint density at radius 2 is 1.97 bits per heavy atom. The van der Waals surface area contributed by atoms with Gasteiger partial charge in [0.05, 0.1) is 24.1 Å². The number of amides is 2. The first-order chi connectivity index (χ1) is 14.5. The zero-order valence-corrected chi connectivity index (χ0v) is 17.9. The number of carbonyl (C=O) groups excluding carboxylic acids is 2.